The molecule has 0 spiro atoms. The average molecular weight is 273 g/mol. The molecule has 0 bridgehead atoms. The first-order valence-electron chi connectivity index (χ1n) is 6.91. The molecule has 2 rings (SSSR count). The molecule has 0 aromatic carbocycles. The summed E-state index contributed by atoms with van der Waals surface area (Å²) in [6, 6.07) is 2.17. The Hall–Kier alpha value is -2.09. The number of hydrogen-bond acceptors (Lipinski definition) is 4. The molecule has 0 aliphatic heterocycles. The molecule has 106 valence electrons. The molecule has 0 radical (unpaired) electrons. The van der Waals surface area contributed by atoms with Crippen molar-refractivity contribution in [3.63, 3.8) is 0 Å². The number of fused-ring (bicyclic) bond motifs is 1. The lowest BCUT2D eigenvalue weighted by molar-refractivity contribution is -0.120. The molecule has 5 nitrogen and oxygen atoms in total. The second kappa shape index (κ2) is 5.91. The predicted octanol–water partition coefficient (Wildman–Crippen LogP) is 1.82. The maximum absolute atomic E-state index is 10.9. The van der Waals surface area contributed by atoms with E-state index in [1.807, 2.05) is 0 Å². The molecule has 1 aliphatic carbocycles. The van der Waals surface area contributed by atoms with E-state index in [-0.39, 0.29) is 18.4 Å². The van der Waals surface area contributed by atoms with E-state index in [1.54, 1.807) is 0 Å². The van der Waals surface area contributed by atoms with Gasteiger partial charge in [-0.2, -0.15) is 5.26 Å². The Morgan fingerprint density at radius 2 is 2.05 bits per heavy atom. The third kappa shape index (κ3) is 2.74. The number of primary amides is 1. The number of carbonyl (C=O) groups excluding carboxylic acids is 1. The number of carbonyl (C=O) groups is 1. The van der Waals surface area contributed by atoms with E-state index in [0.29, 0.717) is 5.56 Å². The quantitative estimate of drug-likeness (QED) is 0.906. The first-order valence-corrected chi connectivity index (χ1v) is 6.91. The van der Waals surface area contributed by atoms with Crippen LogP contribution in [0.1, 0.15) is 55.0 Å². The van der Waals surface area contributed by atoms with Crippen molar-refractivity contribution in [2.45, 2.75) is 45.4 Å². The molecule has 1 aliphatic rings. The lowest BCUT2D eigenvalue weighted by atomic mass is 9.85. The van der Waals surface area contributed by atoms with Gasteiger partial charge < -0.3 is 10.5 Å². The summed E-state index contributed by atoms with van der Waals surface area (Å²) in [6.07, 6.45) is 4.02. The van der Waals surface area contributed by atoms with Crippen molar-refractivity contribution in [3.8, 4) is 11.9 Å². The van der Waals surface area contributed by atoms with Crippen LogP contribution in [-0.2, 0) is 17.6 Å². The van der Waals surface area contributed by atoms with Crippen molar-refractivity contribution in [2.75, 3.05) is 6.61 Å². The fourth-order valence-electron chi connectivity index (χ4n) is 2.66. The van der Waals surface area contributed by atoms with Gasteiger partial charge in [-0.25, -0.2) is 4.98 Å². The molecular formula is C15H19N3O2. The normalized spacial score (nSPS) is 13.7. The molecule has 1 aromatic rings. The number of rotatable bonds is 4. The monoisotopic (exact) mass is 273 g/mol. The zero-order valence-electron chi connectivity index (χ0n) is 11.9. The summed E-state index contributed by atoms with van der Waals surface area (Å²) in [4.78, 5) is 15.3. The van der Waals surface area contributed by atoms with Crippen LogP contribution in [0.2, 0.25) is 0 Å². The van der Waals surface area contributed by atoms with Gasteiger partial charge in [-0.15, -0.1) is 0 Å². The van der Waals surface area contributed by atoms with Gasteiger partial charge in [0.05, 0.1) is 5.69 Å². The molecule has 1 amide bonds. The number of hydrogen-bond donors (Lipinski definition) is 1. The van der Waals surface area contributed by atoms with Gasteiger partial charge in [0.1, 0.15) is 11.6 Å². The summed E-state index contributed by atoms with van der Waals surface area (Å²) in [5.74, 6) is -0.0688. The molecule has 0 atom stereocenters. The molecule has 0 saturated carbocycles. The first kappa shape index (κ1) is 14.3. The molecule has 0 fully saturated rings. The lowest BCUT2D eigenvalue weighted by Gasteiger charge is -2.23. The largest absolute Gasteiger partial charge is 0.467 e. The molecule has 20 heavy (non-hydrogen) atoms. The maximum atomic E-state index is 10.9. The second-order valence-corrected chi connectivity index (χ2v) is 5.36. The fraction of sp³-hybridized carbons (Fsp3) is 0.533. The topological polar surface area (TPSA) is 89.0 Å². The third-order valence-corrected chi connectivity index (χ3v) is 3.52. The minimum absolute atomic E-state index is 0.246. The van der Waals surface area contributed by atoms with Crippen LogP contribution in [-0.4, -0.2) is 17.5 Å². The van der Waals surface area contributed by atoms with Gasteiger partial charge in [0.15, 0.2) is 6.61 Å². The standard InChI is InChI=1S/C15H19N3O2/c1-9(2)14-11-6-4-3-5-10(11)12(7-16)15(18-14)20-8-13(17)19/h9H,3-6,8H2,1-2H3,(H2,17,19). The van der Waals surface area contributed by atoms with Crippen LogP contribution in [0.25, 0.3) is 0 Å². The van der Waals surface area contributed by atoms with Gasteiger partial charge in [-0.3, -0.25) is 4.79 Å². The highest BCUT2D eigenvalue weighted by Crippen LogP contribution is 2.34. The van der Waals surface area contributed by atoms with E-state index in [4.69, 9.17) is 10.5 Å². The highest BCUT2D eigenvalue weighted by Gasteiger charge is 2.24. The second-order valence-electron chi connectivity index (χ2n) is 5.36. The summed E-state index contributed by atoms with van der Waals surface area (Å²) in [5.41, 5.74) is 8.75. The number of pyridine rings is 1. The van der Waals surface area contributed by atoms with E-state index < -0.39 is 5.91 Å². The Morgan fingerprint density at radius 1 is 1.40 bits per heavy atom. The van der Waals surface area contributed by atoms with Crippen molar-refractivity contribution < 1.29 is 9.53 Å². The van der Waals surface area contributed by atoms with E-state index in [0.717, 1.165) is 36.9 Å². The summed E-state index contributed by atoms with van der Waals surface area (Å²) in [5, 5.41) is 9.38. The van der Waals surface area contributed by atoms with E-state index in [1.165, 1.54) is 5.56 Å². The smallest absolute Gasteiger partial charge is 0.255 e. The Morgan fingerprint density at radius 3 is 2.60 bits per heavy atom. The number of nitriles is 1. The average Bonchev–Trinajstić information content (AvgIpc) is 2.43. The van der Waals surface area contributed by atoms with Crippen molar-refractivity contribution >= 4 is 5.91 Å². The van der Waals surface area contributed by atoms with Crippen molar-refractivity contribution in [1.82, 2.24) is 4.98 Å². The van der Waals surface area contributed by atoms with Crippen LogP contribution in [0.15, 0.2) is 0 Å². The van der Waals surface area contributed by atoms with Crippen LogP contribution in [0.5, 0.6) is 5.88 Å². The van der Waals surface area contributed by atoms with Crippen LogP contribution in [0.4, 0.5) is 0 Å². The van der Waals surface area contributed by atoms with Crippen molar-refractivity contribution in [1.29, 1.82) is 5.26 Å². The summed E-state index contributed by atoms with van der Waals surface area (Å²) in [6.45, 7) is 3.89. The minimum Gasteiger partial charge on any atom is -0.467 e. The molecule has 1 aromatic heterocycles. The molecule has 0 unspecified atom stereocenters. The molecule has 0 saturated heterocycles. The Balaban J connectivity index is 2.53. The Labute approximate surface area is 118 Å². The summed E-state index contributed by atoms with van der Waals surface area (Å²) < 4.78 is 5.34. The fourth-order valence-corrected chi connectivity index (χ4v) is 2.66. The van der Waals surface area contributed by atoms with E-state index in [9.17, 15) is 10.1 Å². The number of ether oxygens (including phenoxy) is 1. The number of nitrogens with two attached hydrogens (primary N) is 1. The van der Waals surface area contributed by atoms with Crippen LogP contribution in [0, 0.1) is 11.3 Å². The lowest BCUT2D eigenvalue weighted by Crippen LogP contribution is -2.22. The van der Waals surface area contributed by atoms with Gasteiger partial charge in [0, 0.05) is 0 Å². The Kier molecular flexibility index (Phi) is 4.23. The van der Waals surface area contributed by atoms with Gasteiger partial charge >= 0.3 is 0 Å². The Bertz CT molecular complexity index is 573. The molecule has 5 heteroatoms. The zero-order valence-corrected chi connectivity index (χ0v) is 11.9. The highest BCUT2D eigenvalue weighted by molar-refractivity contribution is 5.75. The van der Waals surface area contributed by atoms with Crippen LogP contribution in [0.3, 0.4) is 0 Å². The molecule has 1 heterocycles. The minimum atomic E-state index is -0.570. The third-order valence-electron chi connectivity index (χ3n) is 3.52. The van der Waals surface area contributed by atoms with Gasteiger partial charge in [0.25, 0.3) is 5.91 Å². The van der Waals surface area contributed by atoms with E-state index in [2.05, 4.69) is 24.9 Å². The molecule has 2 N–H and O–H groups in total. The van der Waals surface area contributed by atoms with Gasteiger partial charge in [-0.1, -0.05) is 13.8 Å². The highest BCUT2D eigenvalue weighted by atomic mass is 16.5. The zero-order chi connectivity index (χ0) is 14.7. The van der Waals surface area contributed by atoms with Crippen molar-refractivity contribution in [2.24, 2.45) is 5.73 Å². The summed E-state index contributed by atoms with van der Waals surface area (Å²) >= 11 is 0. The van der Waals surface area contributed by atoms with Crippen LogP contribution >= 0.6 is 0 Å². The van der Waals surface area contributed by atoms with Gasteiger partial charge in [0.2, 0.25) is 5.88 Å². The van der Waals surface area contributed by atoms with E-state index >= 15 is 0 Å². The maximum Gasteiger partial charge on any atom is 0.255 e. The molecular weight excluding hydrogens is 254 g/mol. The van der Waals surface area contributed by atoms with Crippen molar-refractivity contribution in [3.05, 3.63) is 22.4 Å². The number of nitrogens with zero attached hydrogens (tertiary/aromatic N) is 2. The SMILES string of the molecule is CC(C)c1nc(OCC(N)=O)c(C#N)c2c1CCCC2. The van der Waals surface area contributed by atoms with Crippen LogP contribution < -0.4 is 10.5 Å². The van der Waals surface area contributed by atoms with Gasteiger partial charge in [-0.05, 0) is 42.7 Å². The summed E-state index contributed by atoms with van der Waals surface area (Å²) in [7, 11) is 0. The number of amides is 1. The first-order chi connectivity index (χ1) is 9.54. The number of aromatic nitrogens is 1. The predicted molar refractivity (Wildman–Crippen MR) is 74.4 cm³/mol.